The lowest BCUT2D eigenvalue weighted by molar-refractivity contribution is -0.132. The number of ether oxygens (including phenoxy) is 1. The topological polar surface area (TPSA) is 62.7 Å². The molecule has 1 saturated heterocycles. The molecule has 1 fully saturated rings. The first-order valence-corrected chi connectivity index (χ1v) is 8.90. The number of hydrogen-bond acceptors (Lipinski definition) is 4. The smallest absolute Gasteiger partial charge is 0.272 e. The Kier molecular flexibility index (Phi) is 6.19. The van der Waals surface area contributed by atoms with Crippen molar-refractivity contribution in [1.29, 1.82) is 0 Å². The number of amides is 2. The molecule has 0 aliphatic carbocycles. The van der Waals surface area contributed by atoms with Crippen molar-refractivity contribution in [1.82, 2.24) is 14.8 Å². The standard InChI is InChI=1S/C20H23N3O3/c24-19(10-6-16-26-17-7-2-1-3-8-17)22-12-14-23(15-13-22)20(25)18-9-4-5-11-21-18/h1-5,7-9,11H,6,10,12-16H2. The van der Waals surface area contributed by atoms with Gasteiger partial charge in [0, 0.05) is 38.8 Å². The summed E-state index contributed by atoms with van der Waals surface area (Å²) in [5, 5.41) is 0. The maximum Gasteiger partial charge on any atom is 0.272 e. The number of nitrogens with zero attached hydrogens (tertiary/aromatic N) is 3. The third kappa shape index (κ3) is 4.81. The fourth-order valence-corrected chi connectivity index (χ4v) is 2.90. The van der Waals surface area contributed by atoms with Crippen LogP contribution in [0.5, 0.6) is 5.75 Å². The summed E-state index contributed by atoms with van der Waals surface area (Å²) < 4.78 is 5.61. The minimum Gasteiger partial charge on any atom is -0.494 e. The number of piperazine rings is 1. The van der Waals surface area contributed by atoms with Gasteiger partial charge in [0.2, 0.25) is 5.91 Å². The molecule has 3 rings (SSSR count). The molecule has 26 heavy (non-hydrogen) atoms. The van der Waals surface area contributed by atoms with Gasteiger partial charge in [0.1, 0.15) is 11.4 Å². The molecule has 1 aromatic carbocycles. The molecule has 0 radical (unpaired) electrons. The zero-order valence-electron chi connectivity index (χ0n) is 14.7. The molecule has 0 bridgehead atoms. The molecule has 0 unspecified atom stereocenters. The molecular weight excluding hydrogens is 330 g/mol. The monoisotopic (exact) mass is 353 g/mol. The number of rotatable bonds is 6. The van der Waals surface area contributed by atoms with Gasteiger partial charge in [-0.3, -0.25) is 14.6 Å². The predicted molar refractivity (Wildman–Crippen MR) is 97.9 cm³/mol. The second kappa shape index (κ2) is 8.99. The van der Waals surface area contributed by atoms with E-state index >= 15 is 0 Å². The second-order valence-corrected chi connectivity index (χ2v) is 6.15. The van der Waals surface area contributed by atoms with Gasteiger partial charge < -0.3 is 14.5 Å². The lowest BCUT2D eigenvalue weighted by Gasteiger charge is -2.34. The van der Waals surface area contributed by atoms with E-state index in [-0.39, 0.29) is 11.8 Å². The zero-order chi connectivity index (χ0) is 18.2. The van der Waals surface area contributed by atoms with Gasteiger partial charge in [0.05, 0.1) is 6.61 Å². The Morgan fingerprint density at radius 2 is 1.62 bits per heavy atom. The molecule has 6 nitrogen and oxygen atoms in total. The number of pyridine rings is 1. The third-order valence-corrected chi connectivity index (χ3v) is 4.35. The van der Waals surface area contributed by atoms with Crippen molar-refractivity contribution in [3.05, 3.63) is 60.4 Å². The molecule has 0 spiro atoms. The summed E-state index contributed by atoms with van der Waals surface area (Å²) in [7, 11) is 0. The quantitative estimate of drug-likeness (QED) is 0.747. The maximum absolute atomic E-state index is 12.4. The summed E-state index contributed by atoms with van der Waals surface area (Å²) in [5.41, 5.74) is 0.449. The summed E-state index contributed by atoms with van der Waals surface area (Å²) in [6, 6.07) is 14.9. The Morgan fingerprint density at radius 3 is 2.31 bits per heavy atom. The zero-order valence-corrected chi connectivity index (χ0v) is 14.7. The highest BCUT2D eigenvalue weighted by molar-refractivity contribution is 5.92. The van der Waals surface area contributed by atoms with Crippen molar-refractivity contribution < 1.29 is 14.3 Å². The largest absolute Gasteiger partial charge is 0.494 e. The fraction of sp³-hybridized carbons (Fsp3) is 0.350. The van der Waals surface area contributed by atoms with E-state index in [1.165, 1.54) is 0 Å². The van der Waals surface area contributed by atoms with Crippen LogP contribution >= 0.6 is 0 Å². The van der Waals surface area contributed by atoms with Crippen molar-refractivity contribution in [2.45, 2.75) is 12.8 Å². The summed E-state index contributed by atoms with van der Waals surface area (Å²) in [6.45, 7) is 2.74. The van der Waals surface area contributed by atoms with E-state index in [0.29, 0.717) is 51.3 Å². The SMILES string of the molecule is O=C(CCCOc1ccccc1)N1CCN(C(=O)c2ccccn2)CC1. The van der Waals surface area contributed by atoms with Gasteiger partial charge in [-0.1, -0.05) is 24.3 Å². The first-order valence-electron chi connectivity index (χ1n) is 8.90. The summed E-state index contributed by atoms with van der Waals surface area (Å²) in [4.78, 5) is 32.4. The van der Waals surface area contributed by atoms with Crippen LogP contribution in [0.15, 0.2) is 54.7 Å². The number of hydrogen-bond donors (Lipinski definition) is 0. The van der Waals surface area contributed by atoms with Gasteiger partial charge in [-0.25, -0.2) is 0 Å². The summed E-state index contributed by atoms with van der Waals surface area (Å²) in [6.07, 6.45) is 2.76. The van der Waals surface area contributed by atoms with E-state index in [1.807, 2.05) is 35.2 Å². The lowest BCUT2D eigenvalue weighted by Crippen LogP contribution is -2.50. The van der Waals surface area contributed by atoms with Gasteiger partial charge in [0.15, 0.2) is 0 Å². The average molecular weight is 353 g/mol. The predicted octanol–water partition coefficient (Wildman–Crippen LogP) is 2.23. The van der Waals surface area contributed by atoms with E-state index in [1.54, 1.807) is 29.3 Å². The fourth-order valence-electron chi connectivity index (χ4n) is 2.90. The Hall–Kier alpha value is -2.89. The van der Waals surface area contributed by atoms with Crippen LogP contribution in [0.3, 0.4) is 0 Å². The van der Waals surface area contributed by atoms with Crippen molar-refractivity contribution in [2.75, 3.05) is 32.8 Å². The number of carbonyl (C=O) groups excluding carboxylic acids is 2. The molecule has 2 amide bonds. The average Bonchev–Trinajstić information content (AvgIpc) is 2.72. The van der Waals surface area contributed by atoms with Crippen LogP contribution in [0.2, 0.25) is 0 Å². The van der Waals surface area contributed by atoms with Crippen LogP contribution in [-0.4, -0.2) is 59.4 Å². The van der Waals surface area contributed by atoms with E-state index in [2.05, 4.69) is 4.98 Å². The van der Waals surface area contributed by atoms with Gasteiger partial charge in [-0.15, -0.1) is 0 Å². The maximum atomic E-state index is 12.4. The Labute approximate surface area is 153 Å². The van der Waals surface area contributed by atoms with Gasteiger partial charge in [0.25, 0.3) is 5.91 Å². The van der Waals surface area contributed by atoms with Gasteiger partial charge in [-0.05, 0) is 30.7 Å². The minimum absolute atomic E-state index is 0.0750. The molecule has 1 aliphatic heterocycles. The van der Waals surface area contributed by atoms with Crippen molar-refractivity contribution in [3.63, 3.8) is 0 Å². The van der Waals surface area contributed by atoms with Gasteiger partial charge in [-0.2, -0.15) is 0 Å². The van der Waals surface area contributed by atoms with Crippen molar-refractivity contribution >= 4 is 11.8 Å². The van der Waals surface area contributed by atoms with E-state index < -0.39 is 0 Å². The first kappa shape index (κ1) is 17.9. The Bertz CT molecular complexity index is 714. The molecule has 2 heterocycles. The van der Waals surface area contributed by atoms with E-state index in [9.17, 15) is 9.59 Å². The molecule has 0 saturated carbocycles. The highest BCUT2D eigenvalue weighted by atomic mass is 16.5. The van der Waals surface area contributed by atoms with Crippen molar-refractivity contribution in [3.8, 4) is 5.75 Å². The molecule has 136 valence electrons. The first-order chi connectivity index (χ1) is 12.7. The van der Waals surface area contributed by atoms with Gasteiger partial charge >= 0.3 is 0 Å². The Balaban J connectivity index is 1.37. The Morgan fingerprint density at radius 1 is 0.923 bits per heavy atom. The minimum atomic E-state index is -0.0750. The van der Waals surface area contributed by atoms with Crippen molar-refractivity contribution in [2.24, 2.45) is 0 Å². The number of carbonyl (C=O) groups is 2. The second-order valence-electron chi connectivity index (χ2n) is 6.15. The molecule has 1 aromatic heterocycles. The summed E-state index contributed by atoms with van der Waals surface area (Å²) in [5.74, 6) is 0.863. The molecule has 1 aliphatic rings. The van der Waals surface area contributed by atoms with Crippen LogP contribution in [0.1, 0.15) is 23.3 Å². The molecular formula is C20H23N3O3. The van der Waals surface area contributed by atoms with Crippen LogP contribution in [0.4, 0.5) is 0 Å². The molecule has 0 atom stereocenters. The van der Waals surface area contributed by atoms with Crippen LogP contribution < -0.4 is 4.74 Å². The highest BCUT2D eigenvalue weighted by Crippen LogP contribution is 2.11. The lowest BCUT2D eigenvalue weighted by atomic mass is 10.2. The van der Waals surface area contributed by atoms with E-state index in [0.717, 1.165) is 5.75 Å². The molecule has 6 heteroatoms. The number of benzene rings is 1. The van der Waals surface area contributed by atoms with Crippen LogP contribution in [0.25, 0.3) is 0 Å². The highest BCUT2D eigenvalue weighted by Gasteiger charge is 2.24. The van der Waals surface area contributed by atoms with Crippen LogP contribution in [0, 0.1) is 0 Å². The normalized spacial score (nSPS) is 14.2. The molecule has 2 aromatic rings. The molecule has 0 N–H and O–H groups in total. The number of para-hydroxylation sites is 1. The summed E-state index contributed by atoms with van der Waals surface area (Å²) >= 11 is 0. The van der Waals surface area contributed by atoms with Crippen LogP contribution in [-0.2, 0) is 4.79 Å². The van der Waals surface area contributed by atoms with E-state index in [4.69, 9.17) is 4.74 Å². The third-order valence-electron chi connectivity index (χ3n) is 4.35. The number of aromatic nitrogens is 1.